The number of carboxylic acids is 2. The Balaban J connectivity index is 0.000000200. The van der Waals surface area contributed by atoms with Crippen molar-refractivity contribution in [3.05, 3.63) is 73.1 Å². The van der Waals surface area contributed by atoms with Gasteiger partial charge in [0, 0.05) is 110 Å². The van der Waals surface area contributed by atoms with E-state index in [0.29, 0.717) is 120 Å². The second-order valence-electron chi connectivity index (χ2n) is 40.5. The third-order valence-electron chi connectivity index (χ3n) is 28.4. The molecule has 4 N–H and O–H groups in total. The lowest BCUT2D eigenvalue weighted by molar-refractivity contribution is -0.157. The van der Waals surface area contributed by atoms with E-state index in [0.717, 1.165) is 75.7 Å². The number of piperidine rings is 2. The van der Waals surface area contributed by atoms with Gasteiger partial charge in [-0.25, -0.2) is 19.3 Å². The number of aromatic nitrogens is 6. The van der Waals surface area contributed by atoms with Crippen molar-refractivity contribution in [2.45, 2.75) is 273 Å². The highest BCUT2D eigenvalue weighted by Crippen LogP contribution is 2.60. The quantitative estimate of drug-likeness (QED) is 0.0210. The molecule has 0 radical (unpaired) electrons. The highest BCUT2D eigenvalue weighted by atomic mass is 35.5. The predicted molar refractivity (Wildman–Crippen MR) is 485 cm³/mol. The smallest absolute Gasteiger partial charge is 0.310 e. The largest absolute Gasteiger partial charge is 0.492 e. The molecule has 8 heterocycles. The highest BCUT2D eigenvalue weighted by molar-refractivity contribution is 6.40. The molecular weight excluding hydrogens is 1660 g/mol. The molecule has 2 aromatic carbocycles. The van der Waals surface area contributed by atoms with Gasteiger partial charge in [-0.05, 0) is 202 Å². The summed E-state index contributed by atoms with van der Waals surface area (Å²) in [7, 11) is 0. The number of carboxylic acid groups (broad SMARTS) is 2. The average molecular weight is 1800 g/mol. The first-order chi connectivity index (χ1) is 60.6. The molecule has 2 unspecified atom stereocenters. The molecule has 0 bridgehead atoms. The molecule has 692 valence electrons. The van der Waals surface area contributed by atoms with Gasteiger partial charge in [0.2, 0.25) is 11.8 Å². The number of esters is 2. The number of ketones is 2. The third kappa shape index (κ3) is 23.1. The molecule has 6 saturated carbocycles. The van der Waals surface area contributed by atoms with Crippen LogP contribution in [0.3, 0.4) is 0 Å². The average Bonchev–Trinajstić information content (AvgIpc) is 1.58. The van der Waals surface area contributed by atoms with Gasteiger partial charge < -0.3 is 59.1 Å². The van der Waals surface area contributed by atoms with Crippen molar-refractivity contribution < 1.29 is 77.0 Å². The maximum atomic E-state index is 14.9. The Hall–Kier alpha value is -8.86. The van der Waals surface area contributed by atoms with E-state index >= 15 is 0 Å². The number of nitrogens with one attached hydrogen (secondary N) is 2. The van der Waals surface area contributed by atoms with E-state index in [-0.39, 0.29) is 116 Å². The van der Waals surface area contributed by atoms with Crippen LogP contribution in [-0.4, -0.2) is 226 Å². The Morgan fingerprint density at radius 2 is 0.874 bits per heavy atom. The molecule has 0 spiro atoms. The Morgan fingerprint density at radius 3 is 1.20 bits per heavy atom. The fraction of sp³-hybridized carbons (Fsp3) is 0.670. The molecule has 10 fully saturated rings. The van der Waals surface area contributed by atoms with Gasteiger partial charge in [0.1, 0.15) is 72.3 Å². The van der Waals surface area contributed by atoms with Gasteiger partial charge in [-0.15, -0.1) is 33.4 Å². The second kappa shape index (κ2) is 40.2. The van der Waals surface area contributed by atoms with E-state index in [9.17, 15) is 48.6 Å². The molecule has 127 heavy (non-hydrogen) atoms. The lowest BCUT2D eigenvalue weighted by Crippen LogP contribution is -2.48. The van der Waals surface area contributed by atoms with Gasteiger partial charge in [-0.2, -0.15) is 0 Å². The van der Waals surface area contributed by atoms with Crippen molar-refractivity contribution in [3.8, 4) is 34.6 Å². The van der Waals surface area contributed by atoms with Crippen LogP contribution < -0.4 is 29.6 Å². The van der Waals surface area contributed by atoms with Crippen LogP contribution in [0.2, 0.25) is 0 Å². The first-order valence-electron chi connectivity index (χ1n) is 46.8. The van der Waals surface area contributed by atoms with Crippen LogP contribution in [-0.2, 0) is 47.8 Å². The first-order valence-corrected chi connectivity index (χ1v) is 47.9. The van der Waals surface area contributed by atoms with Crippen LogP contribution in [0, 0.1) is 69.0 Å². The van der Waals surface area contributed by atoms with Crippen LogP contribution in [0.5, 0.6) is 23.0 Å². The number of pyridine rings is 2. The SMILES string of the molecule is CC[C@@H]1C[C@]1(CC(=O)[C@@H]1C[C@@H](Oc2cc(-n3ccc(NC(C)C)n3)nc3cc(OCCN4CCCCC4)ccc23)CN1C(=O)[C@@H](CC(=O)OC1C[C@@H]2C[C@@H]2C1)C(C)(C)C)C(=O)O.CC[C@@H]1C[C@]1(CC(=O)[C@@H]1C[C@@H](Oc2cc(-n3ccc(NC(C)C)n3)nc3cc(OCCN4CCCCC4)ccc23)CN1C(=O)[C@@H](CC(=O)OC1C[C@@H]2C[C@@H]2C1)C(C)(C)C)C(=O)O.ClCCl. The molecule has 16 atom stereocenters. The lowest BCUT2D eigenvalue weighted by Gasteiger charge is -2.35. The topological polar surface area (TPSA) is 331 Å². The number of carbonyl (C=O) groups excluding carboxylic acids is 6. The number of carbonyl (C=O) groups is 8. The number of aliphatic carboxylic acids is 2. The summed E-state index contributed by atoms with van der Waals surface area (Å²) in [4.78, 5) is 129. The van der Waals surface area contributed by atoms with Gasteiger partial charge >= 0.3 is 23.9 Å². The molecule has 28 nitrogen and oxygen atoms in total. The number of likely N-dealkylation sites (tertiary alicyclic amines) is 4. The van der Waals surface area contributed by atoms with E-state index in [1.165, 1.54) is 51.4 Å². The summed E-state index contributed by atoms with van der Waals surface area (Å²) in [5.74, 6) is 1.66. The van der Waals surface area contributed by atoms with E-state index in [1.807, 2.05) is 156 Å². The fourth-order valence-electron chi connectivity index (χ4n) is 20.8. The number of hydrogen-bond donors (Lipinski definition) is 4. The molecular formula is C97H134Cl2N12O16. The van der Waals surface area contributed by atoms with Crippen LogP contribution in [0.15, 0.2) is 73.1 Å². The molecule has 2 amide bonds. The van der Waals surface area contributed by atoms with Gasteiger partial charge in [0.25, 0.3) is 0 Å². The number of ether oxygens (including phenoxy) is 6. The van der Waals surface area contributed by atoms with Crippen LogP contribution >= 0.6 is 23.2 Å². The molecule has 6 aromatic rings. The van der Waals surface area contributed by atoms with Crippen molar-refractivity contribution >= 4 is 104 Å². The van der Waals surface area contributed by atoms with Crippen molar-refractivity contribution in [1.29, 1.82) is 0 Å². The third-order valence-corrected chi connectivity index (χ3v) is 28.4. The number of anilines is 2. The Kier molecular flexibility index (Phi) is 29.9. The van der Waals surface area contributed by atoms with Gasteiger partial charge in [-0.1, -0.05) is 81.1 Å². The number of hydrogen-bond acceptors (Lipinski definition) is 22. The van der Waals surface area contributed by atoms with Crippen LogP contribution in [0.25, 0.3) is 33.4 Å². The van der Waals surface area contributed by atoms with Crippen molar-refractivity contribution in [2.24, 2.45) is 69.0 Å². The van der Waals surface area contributed by atoms with E-state index in [2.05, 4.69) is 20.4 Å². The number of alkyl halides is 2. The molecule has 16 rings (SSSR count). The summed E-state index contributed by atoms with van der Waals surface area (Å²) in [6.45, 7) is 31.0. The van der Waals surface area contributed by atoms with Crippen molar-refractivity contribution in [1.82, 2.24) is 49.1 Å². The zero-order valence-electron chi connectivity index (χ0n) is 76.3. The minimum Gasteiger partial charge on any atom is -0.492 e. The first kappa shape index (κ1) is 94.3. The maximum Gasteiger partial charge on any atom is 0.310 e. The Bertz CT molecular complexity index is 4600. The van der Waals surface area contributed by atoms with Crippen molar-refractivity contribution in [2.75, 3.05) is 81.5 Å². The van der Waals surface area contributed by atoms with Crippen LogP contribution in [0.4, 0.5) is 11.6 Å². The van der Waals surface area contributed by atoms with Crippen LogP contribution in [0.1, 0.15) is 224 Å². The molecule has 4 saturated heterocycles. The maximum absolute atomic E-state index is 14.9. The number of fused-ring (bicyclic) bond motifs is 4. The number of rotatable bonds is 36. The second-order valence-corrected chi connectivity index (χ2v) is 41.3. The Labute approximate surface area is 757 Å². The number of Topliss-reactive ketones (excluding diaryl/α,β-unsaturated/α-hetero) is 2. The van der Waals surface area contributed by atoms with E-state index < -0.39 is 81.7 Å². The lowest BCUT2D eigenvalue weighted by atomic mass is 9.77. The predicted octanol–water partition coefficient (Wildman–Crippen LogP) is 16.0. The molecule has 10 aliphatic rings. The minimum atomic E-state index is -1.13. The molecule has 30 heteroatoms. The van der Waals surface area contributed by atoms with Crippen molar-refractivity contribution in [3.63, 3.8) is 0 Å². The number of halogens is 2. The van der Waals surface area contributed by atoms with E-state index in [1.54, 1.807) is 19.2 Å². The Morgan fingerprint density at radius 1 is 0.504 bits per heavy atom. The summed E-state index contributed by atoms with van der Waals surface area (Å²) in [5.41, 5.74) is -2.27. The molecule has 6 aliphatic carbocycles. The van der Waals surface area contributed by atoms with Gasteiger partial charge in [0.15, 0.2) is 23.2 Å². The summed E-state index contributed by atoms with van der Waals surface area (Å²) in [6, 6.07) is 17.4. The number of nitrogens with zero attached hydrogens (tertiary/aromatic N) is 10. The number of benzene rings is 2. The van der Waals surface area contributed by atoms with Gasteiger partial charge in [-0.3, -0.25) is 48.2 Å². The fourth-order valence-corrected chi connectivity index (χ4v) is 20.8. The summed E-state index contributed by atoms with van der Waals surface area (Å²) in [6.07, 6.45) is 17.5. The highest BCUT2D eigenvalue weighted by Gasteiger charge is 2.63. The summed E-state index contributed by atoms with van der Waals surface area (Å²) < 4.78 is 41.5. The summed E-state index contributed by atoms with van der Waals surface area (Å²) >= 11 is 9.53. The standard InChI is InChI=1S/2C48H66N6O8.CH2Cl2/c2*1-7-32-26-48(32,46(58)59)27-40(55)39-23-35(28-53(39)45(57)37(47(4,5)6)24-44(56)62-34-20-30-19-31(30)21-34)61-41-25-43(54-16-13-42(51-54)49-29(2)3)50-38-22-33(11-12-36(38)41)60-18-17-52-14-9-8-10-15-52;2-1-3/h2*11-13,16,22,25,29-32,34-35,37,39H,7-10,14-15,17-21,23-24,26-28H2,1-6H3,(H,49,51)(H,58,59);1H2/t2*30-,31+,32-,34?,35-,37-,39+,48-;/m11./s1. The summed E-state index contributed by atoms with van der Waals surface area (Å²) in [5, 5.41) is 38.4. The zero-order valence-corrected chi connectivity index (χ0v) is 77.9. The zero-order chi connectivity index (χ0) is 90.6. The normalized spacial score (nSPS) is 27.0. The number of amides is 2. The monoisotopic (exact) mass is 1790 g/mol. The minimum absolute atomic E-state index is 0.0845. The van der Waals surface area contributed by atoms with E-state index in [4.69, 9.17) is 71.8 Å². The molecule has 4 aromatic heterocycles. The molecule has 4 aliphatic heterocycles. The van der Waals surface area contributed by atoms with Gasteiger partial charge in [0.05, 0.1) is 77.1 Å².